The molecule has 9 nitrogen and oxygen atoms in total. The standard InChI is InChI=1S/C40H73N5O4/c1-27(2)37(38(48)49-6)43-36(47)14-9-28(3)32-12-13-33-31-11-10-29-25-30(15-16-39(29,4)34(31)26-35(46)40(32,33)5)42-18-8-20-45-23-21-44(22-24-45)19-7-17-41/h27-35,37,42,46H,7-26,41H2,1-6H3,(H,43,47)/t28-,29-,30+,31+,32-,33+,34+,35+,37+,39+,40-/m1/s1. The summed E-state index contributed by atoms with van der Waals surface area (Å²) in [7, 11) is 1.37. The zero-order valence-corrected chi connectivity index (χ0v) is 32.1. The molecule has 5 N–H and O–H groups in total. The van der Waals surface area contributed by atoms with Crippen molar-refractivity contribution in [3.05, 3.63) is 0 Å². The highest BCUT2D eigenvalue weighted by atomic mass is 16.5. The first-order valence-electron chi connectivity index (χ1n) is 20.4. The minimum atomic E-state index is -0.607. The van der Waals surface area contributed by atoms with Crippen LogP contribution in [0.5, 0.6) is 0 Å². The van der Waals surface area contributed by atoms with Crippen molar-refractivity contribution in [2.24, 2.45) is 58.0 Å². The Labute approximate surface area is 298 Å². The molecule has 5 aliphatic rings. The molecule has 5 rings (SSSR count). The molecule has 1 amide bonds. The second kappa shape index (κ2) is 17.0. The fourth-order valence-corrected chi connectivity index (χ4v) is 12.0. The van der Waals surface area contributed by atoms with E-state index in [4.69, 9.17) is 10.5 Å². The molecule has 1 aliphatic heterocycles. The zero-order valence-electron chi connectivity index (χ0n) is 32.1. The molecule has 1 heterocycles. The summed E-state index contributed by atoms with van der Waals surface area (Å²) in [5, 5.41) is 18.9. The van der Waals surface area contributed by atoms with Crippen LogP contribution in [0.25, 0.3) is 0 Å². The molecule has 0 spiro atoms. The van der Waals surface area contributed by atoms with Crippen molar-refractivity contribution < 1.29 is 19.4 Å². The Hall–Kier alpha value is -1.26. The van der Waals surface area contributed by atoms with Gasteiger partial charge in [0.15, 0.2) is 0 Å². The van der Waals surface area contributed by atoms with Gasteiger partial charge in [-0.2, -0.15) is 0 Å². The number of methoxy groups -OCH3 is 1. The van der Waals surface area contributed by atoms with Crippen LogP contribution in [-0.2, 0) is 14.3 Å². The summed E-state index contributed by atoms with van der Waals surface area (Å²) in [6.07, 6.45) is 13.1. The second-order valence-corrected chi connectivity index (χ2v) is 17.9. The maximum absolute atomic E-state index is 12.9. The summed E-state index contributed by atoms with van der Waals surface area (Å²) in [6.45, 7) is 20.2. The molecule has 0 unspecified atom stereocenters. The smallest absolute Gasteiger partial charge is 0.328 e. The normalized spacial score (nSPS) is 37.9. The number of nitrogens with one attached hydrogen (secondary N) is 2. The number of nitrogens with two attached hydrogens (primary N) is 1. The van der Waals surface area contributed by atoms with Crippen molar-refractivity contribution in [1.82, 2.24) is 20.4 Å². The first kappa shape index (κ1) is 39.0. The minimum Gasteiger partial charge on any atom is -0.467 e. The third kappa shape index (κ3) is 8.53. The molecule has 0 aromatic rings. The number of aliphatic hydroxyl groups excluding tert-OH is 1. The van der Waals surface area contributed by atoms with Gasteiger partial charge in [0, 0.05) is 38.6 Å². The van der Waals surface area contributed by atoms with Gasteiger partial charge in [0.1, 0.15) is 6.04 Å². The molecular formula is C40H73N5O4. The molecule has 0 aromatic heterocycles. The maximum atomic E-state index is 12.9. The van der Waals surface area contributed by atoms with E-state index in [2.05, 4.69) is 41.2 Å². The van der Waals surface area contributed by atoms with Crippen molar-refractivity contribution >= 4 is 11.9 Å². The Morgan fingerprint density at radius 3 is 2.29 bits per heavy atom. The Morgan fingerprint density at radius 2 is 1.63 bits per heavy atom. The van der Waals surface area contributed by atoms with Gasteiger partial charge in [-0.15, -0.1) is 0 Å². The van der Waals surface area contributed by atoms with Crippen LogP contribution in [0.4, 0.5) is 0 Å². The lowest BCUT2D eigenvalue weighted by Gasteiger charge is -2.62. The topological polar surface area (TPSA) is 120 Å². The lowest BCUT2D eigenvalue weighted by atomic mass is 9.43. The van der Waals surface area contributed by atoms with Gasteiger partial charge in [-0.1, -0.05) is 34.6 Å². The predicted molar refractivity (Wildman–Crippen MR) is 197 cm³/mol. The summed E-state index contributed by atoms with van der Waals surface area (Å²) in [6, 6.07) is 0.0306. The second-order valence-electron chi connectivity index (χ2n) is 17.9. The van der Waals surface area contributed by atoms with E-state index in [1.54, 1.807) is 0 Å². The Morgan fingerprint density at radius 1 is 0.939 bits per heavy atom. The number of carbonyl (C=O) groups excluding carboxylic acids is 2. The lowest BCUT2D eigenvalue weighted by molar-refractivity contribution is -0.169. The van der Waals surface area contributed by atoms with Crippen LogP contribution in [-0.4, -0.2) is 104 Å². The maximum Gasteiger partial charge on any atom is 0.328 e. The van der Waals surface area contributed by atoms with E-state index in [1.807, 2.05) is 13.8 Å². The number of hydrogen-bond acceptors (Lipinski definition) is 8. The largest absolute Gasteiger partial charge is 0.467 e. The Balaban J connectivity index is 1.09. The van der Waals surface area contributed by atoms with Gasteiger partial charge in [-0.25, -0.2) is 4.79 Å². The zero-order chi connectivity index (χ0) is 35.3. The number of carbonyl (C=O) groups is 2. The minimum absolute atomic E-state index is 0.0224. The molecule has 0 aromatic carbocycles. The first-order chi connectivity index (χ1) is 23.4. The fourth-order valence-electron chi connectivity index (χ4n) is 12.0. The van der Waals surface area contributed by atoms with Crippen molar-refractivity contribution in [2.75, 3.05) is 59.5 Å². The van der Waals surface area contributed by atoms with Crippen LogP contribution < -0.4 is 16.4 Å². The summed E-state index contributed by atoms with van der Waals surface area (Å²) in [5.41, 5.74) is 5.95. The molecule has 4 saturated carbocycles. The summed E-state index contributed by atoms with van der Waals surface area (Å²) >= 11 is 0. The lowest BCUT2D eigenvalue weighted by Crippen LogP contribution is -2.59. The number of nitrogens with zero attached hydrogens (tertiary/aromatic N) is 2. The summed E-state index contributed by atoms with van der Waals surface area (Å²) in [5.74, 6) is 2.95. The van der Waals surface area contributed by atoms with Crippen LogP contribution in [0.3, 0.4) is 0 Å². The molecule has 0 bridgehead atoms. The fraction of sp³-hybridized carbons (Fsp3) is 0.950. The van der Waals surface area contributed by atoms with Crippen molar-refractivity contribution in [3.8, 4) is 0 Å². The van der Waals surface area contributed by atoms with Crippen molar-refractivity contribution in [2.45, 2.75) is 130 Å². The van der Waals surface area contributed by atoms with E-state index in [0.29, 0.717) is 47.5 Å². The molecule has 282 valence electrons. The van der Waals surface area contributed by atoms with E-state index in [0.717, 1.165) is 51.2 Å². The Bertz CT molecular complexity index is 1080. The third-order valence-corrected chi connectivity index (χ3v) is 15.0. The first-order valence-corrected chi connectivity index (χ1v) is 20.4. The average molecular weight is 688 g/mol. The van der Waals surface area contributed by atoms with Crippen molar-refractivity contribution in [1.29, 1.82) is 0 Å². The molecule has 5 fully saturated rings. The van der Waals surface area contributed by atoms with E-state index < -0.39 is 6.04 Å². The van der Waals surface area contributed by atoms with E-state index >= 15 is 0 Å². The SMILES string of the molecule is COC(=O)[C@@H](NC(=O)CC[C@@H](C)[C@H]1CC[C@H]2[C@@H]3CC[C@@H]4C[C@@H](NCCCN5CCN(CCCN)CC5)CC[C@]4(C)[C@H]3C[C@H](O)[C@]12C)C(C)C. The van der Waals surface area contributed by atoms with Crippen LogP contribution in [0.2, 0.25) is 0 Å². The number of ether oxygens (including phenoxy) is 1. The van der Waals surface area contributed by atoms with Gasteiger partial charge < -0.3 is 36.0 Å². The summed E-state index contributed by atoms with van der Waals surface area (Å²) in [4.78, 5) is 30.3. The van der Waals surface area contributed by atoms with E-state index in [9.17, 15) is 14.7 Å². The number of piperazine rings is 1. The highest BCUT2D eigenvalue weighted by Gasteiger charge is 2.63. The Kier molecular flexibility index (Phi) is 13.6. The number of aliphatic hydroxyl groups is 1. The summed E-state index contributed by atoms with van der Waals surface area (Å²) < 4.78 is 4.91. The van der Waals surface area contributed by atoms with Gasteiger partial charge in [-0.05, 0) is 149 Å². The van der Waals surface area contributed by atoms with Gasteiger partial charge in [-0.3, -0.25) is 4.79 Å². The highest BCUT2D eigenvalue weighted by molar-refractivity contribution is 5.84. The number of rotatable bonds is 15. The molecule has 4 aliphatic carbocycles. The molecule has 1 saturated heterocycles. The van der Waals surface area contributed by atoms with Gasteiger partial charge in [0.25, 0.3) is 0 Å². The molecule has 49 heavy (non-hydrogen) atoms. The quantitative estimate of drug-likeness (QED) is 0.145. The number of fused-ring (bicyclic) bond motifs is 5. The average Bonchev–Trinajstić information content (AvgIpc) is 3.46. The van der Waals surface area contributed by atoms with Gasteiger partial charge in [0.05, 0.1) is 13.2 Å². The van der Waals surface area contributed by atoms with Gasteiger partial charge in [0.2, 0.25) is 5.91 Å². The highest BCUT2D eigenvalue weighted by Crippen LogP contribution is 2.68. The predicted octanol–water partition coefficient (Wildman–Crippen LogP) is 4.66. The van der Waals surface area contributed by atoms with Crippen molar-refractivity contribution in [3.63, 3.8) is 0 Å². The van der Waals surface area contributed by atoms with E-state index in [-0.39, 0.29) is 29.3 Å². The van der Waals surface area contributed by atoms with Gasteiger partial charge >= 0.3 is 5.97 Å². The molecular weight excluding hydrogens is 614 g/mol. The van der Waals surface area contributed by atoms with Crippen LogP contribution in [0.15, 0.2) is 0 Å². The van der Waals surface area contributed by atoms with E-state index in [1.165, 1.54) is 84.8 Å². The molecule has 0 radical (unpaired) electrons. The molecule has 9 heteroatoms. The number of esters is 1. The van der Waals surface area contributed by atoms with Crippen LogP contribution in [0.1, 0.15) is 112 Å². The number of amides is 1. The van der Waals surface area contributed by atoms with Crippen LogP contribution >= 0.6 is 0 Å². The number of hydrogen-bond donors (Lipinski definition) is 4. The molecule has 11 atom stereocenters. The monoisotopic (exact) mass is 688 g/mol. The van der Waals surface area contributed by atoms with Crippen LogP contribution in [0, 0.1) is 52.3 Å². The third-order valence-electron chi connectivity index (χ3n) is 15.0.